The number of aromatic nitrogens is 2. The van der Waals surface area contributed by atoms with Gasteiger partial charge in [0.2, 0.25) is 0 Å². The van der Waals surface area contributed by atoms with Crippen molar-refractivity contribution in [3.8, 4) is 0 Å². The maximum Gasteiger partial charge on any atom is 0.134 e. The van der Waals surface area contributed by atoms with E-state index in [-0.39, 0.29) is 0 Å². The standard InChI is InChI=1S/C13H24N4/c1-9(2)6-5-7-10(3)17-13-11(4)12(14)15-8-16-13/h8-10H,5-7H2,1-4H3,(H3,14,15,16,17). The molecule has 0 amide bonds. The molecular formula is C13H24N4. The number of nitrogens with zero attached hydrogens (tertiary/aromatic N) is 2. The topological polar surface area (TPSA) is 63.8 Å². The van der Waals surface area contributed by atoms with Gasteiger partial charge in [-0.25, -0.2) is 9.97 Å². The molecular weight excluding hydrogens is 212 g/mol. The molecule has 0 saturated carbocycles. The Morgan fingerprint density at radius 1 is 1.24 bits per heavy atom. The van der Waals surface area contributed by atoms with Crippen LogP contribution in [0.4, 0.5) is 11.6 Å². The van der Waals surface area contributed by atoms with Crippen LogP contribution in [0.15, 0.2) is 6.33 Å². The summed E-state index contributed by atoms with van der Waals surface area (Å²) in [5, 5.41) is 3.39. The van der Waals surface area contributed by atoms with E-state index in [1.807, 2.05) is 6.92 Å². The van der Waals surface area contributed by atoms with Crippen LogP contribution in [-0.2, 0) is 0 Å². The zero-order valence-electron chi connectivity index (χ0n) is 11.3. The second kappa shape index (κ2) is 6.42. The molecule has 1 aromatic rings. The predicted molar refractivity (Wildman–Crippen MR) is 73.0 cm³/mol. The van der Waals surface area contributed by atoms with Crippen molar-refractivity contribution >= 4 is 11.6 Å². The minimum absolute atomic E-state index is 0.418. The van der Waals surface area contributed by atoms with Crippen molar-refractivity contribution in [1.29, 1.82) is 0 Å². The van der Waals surface area contributed by atoms with Gasteiger partial charge in [0.05, 0.1) is 0 Å². The molecule has 96 valence electrons. The highest BCUT2D eigenvalue weighted by molar-refractivity contribution is 5.54. The van der Waals surface area contributed by atoms with E-state index in [1.54, 1.807) is 0 Å². The van der Waals surface area contributed by atoms with Crippen molar-refractivity contribution in [3.63, 3.8) is 0 Å². The summed E-state index contributed by atoms with van der Waals surface area (Å²) in [6, 6.07) is 0.418. The van der Waals surface area contributed by atoms with Crippen molar-refractivity contribution < 1.29 is 0 Å². The molecule has 4 nitrogen and oxygen atoms in total. The zero-order valence-corrected chi connectivity index (χ0v) is 11.3. The van der Waals surface area contributed by atoms with Crippen molar-refractivity contribution in [2.75, 3.05) is 11.1 Å². The fourth-order valence-electron chi connectivity index (χ4n) is 1.75. The van der Waals surface area contributed by atoms with E-state index in [0.717, 1.165) is 23.7 Å². The Balaban J connectivity index is 2.45. The normalized spacial score (nSPS) is 12.8. The molecule has 0 fully saturated rings. The van der Waals surface area contributed by atoms with Crippen LogP contribution in [0.1, 0.15) is 45.6 Å². The lowest BCUT2D eigenvalue weighted by Gasteiger charge is -2.16. The molecule has 1 aromatic heterocycles. The van der Waals surface area contributed by atoms with Crippen molar-refractivity contribution in [3.05, 3.63) is 11.9 Å². The summed E-state index contributed by atoms with van der Waals surface area (Å²) in [6.45, 7) is 8.64. The Bertz CT molecular complexity index is 349. The first-order valence-electron chi connectivity index (χ1n) is 6.34. The Morgan fingerprint density at radius 3 is 2.59 bits per heavy atom. The van der Waals surface area contributed by atoms with E-state index in [4.69, 9.17) is 5.73 Å². The summed E-state index contributed by atoms with van der Waals surface area (Å²) in [5.74, 6) is 2.19. The first kappa shape index (κ1) is 13.7. The molecule has 3 N–H and O–H groups in total. The molecule has 1 atom stereocenters. The highest BCUT2D eigenvalue weighted by Gasteiger charge is 2.08. The molecule has 0 aliphatic carbocycles. The van der Waals surface area contributed by atoms with Crippen LogP contribution in [-0.4, -0.2) is 16.0 Å². The second-order valence-electron chi connectivity index (χ2n) is 5.10. The van der Waals surface area contributed by atoms with E-state index in [9.17, 15) is 0 Å². The molecule has 1 rings (SSSR count). The van der Waals surface area contributed by atoms with Crippen molar-refractivity contribution in [2.24, 2.45) is 5.92 Å². The zero-order chi connectivity index (χ0) is 12.8. The van der Waals surface area contributed by atoms with Gasteiger partial charge < -0.3 is 11.1 Å². The third-order valence-electron chi connectivity index (χ3n) is 2.92. The van der Waals surface area contributed by atoms with Gasteiger partial charge in [0.1, 0.15) is 18.0 Å². The summed E-state index contributed by atoms with van der Waals surface area (Å²) in [7, 11) is 0. The molecule has 1 unspecified atom stereocenters. The fourth-order valence-corrected chi connectivity index (χ4v) is 1.75. The summed E-state index contributed by atoms with van der Waals surface area (Å²) in [6.07, 6.45) is 5.18. The number of nitrogens with one attached hydrogen (secondary N) is 1. The number of rotatable bonds is 6. The second-order valence-corrected chi connectivity index (χ2v) is 5.10. The average Bonchev–Trinajstić information content (AvgIpc) is 2.24. The highest BCUT2D eigenvalue weighted by Crippen LogP contribution is 2.17. The molecule has 0 radical (unpaired) electrons. The minimum atomic E-state index is 0.418. The molecule has 0 saturated heterocycles. The number of nitrogen functional groups attached to an aromatic ring is 1. The van der Waals surface area contributed by atoms with Crippen LogP contribution >= 0.6 is 0 Å². The summed E-state index contributed by atoms with van der Waals surface area (Å²) < 4.78 is 0. The van der Waals surface area contributed by atoms with E-state index in [0.29, 0.717) is 11.9 Å². The smallest absolute Gasteiger partial charge is 0.134 e. The molecule has 0 spiro atoms. The molecule has 4 heteroatoms. The van der Waals surface area contributed by atoms with Gasteiger partial charge in [-0.2, -0.15) is 0 Å². The van der Waals surface area contributed by atoms with E-state index >= 15 is 0 Å². The first-order chi connectivity index (χ1) is 8.00. The van der Waals surface area contributed by atoms with Gasteiger partial charge >= 0.3 is 0 Å². The highest BCUT2D eigenvalue weighted by atomic mass is 15.0. The SMILES string of the molecule is Cc1c(N)ncnc1NC(C)CCCC(C)C. The minimum Gasteiger partial charge on any atom is -0.383 e. The number of hydrogen-bond acceptors (Lipinski definition) is 4. The molecule has 1 heterocycles. The van der Waals surface area contributed by atoms with Crippen LogP contribution in [0.3, 0.4) is 0 Å². The Kier molecular flexibility index (Phi) is 5.19. The van der Waals surface area contributed by atoms with E-state index in [2.05, 4.69) is 36.1 Å². The van der Waals surface area contributed by atoms with Gasteiger partial charge in [0.25, 0.3) is 0 Å². The van der Waals surface area contributed by atoms with Crippen molar-refractivity contribution in [1.82, 2.24) is 9.97 Å². The lowest BCUT2D eigenvalue weighted by molar-refractivity contribution is 0.520. The van der Waals surface area contributed by atoms with Crippen LogP contribution in [0.25, 0.3) is 0 Å². The van der Waals surface area contributed by atoms with E-state index < -0.39 is 0 Å². The lowest BCUT2D eigenvalue weighted by atomic mass is 10.0. The van der Waals surface area contributed by atoms with Gasteiger partial charge in [-0.3, -0.25) is 0 Å². The Hall–Kier alpha value is -1.32. The number of anilines is 2. The van der Waals surface area contributed by atoms with Crippen LogP contribution in [0.2, 0.25) is 0 Å². The third-order valence-corrected chi connectivity index (χ3v) is 2.92. The molecule has 17 heavy (non-hydrogen) atoms. The average molecular weight is 236 g/mol. The van der Waals surface area contributed by atoms with Crippen LogP contribution in [0, 0.1) is 12.8 Å². The maximum atomic E-state index is 5.75. The predicted octanol–water partition coefficient (Wildman–Crippen LogP) is 2.99. The first-order valence-corrected chi connectivity index (χ1v) is 6.34. The van der Waals surface area contributed by atoms with Crippen molar-refractivity contribution in [2.45, 2.75) is 53.0 Å². The van der Waals surface area contributed by atoms with Gasteiger partial charge in [0, 0.05) is 11.6 Å². The van der Waals surface area contributed by atoms with Gasteiger partial charge in [-0.15, -0.1) is 0 Å². The summed E-state index contributed by atoms with van der Waals surface area (Å²) >= 11 is 0. The van der Waals surface area contributed by atoms with E-state index in [1.165, 1.54) is 19.2 Å². The third kappa shape index (κ3) is 4.59. The molecule has 0 aromatic carbocycles. The van der Waals surface area contributed by atoms with Gasteiger partial charge in [0.15, 0.2) is 0 Å². The molecule has 0 aliphatic heterocycles. The largest absolute Gasteiger partial charge is 0.383 e. The fraction of sp³-hybridized carbons (Fsp3) is 0.692. The summed E-state index contributed by atoms with van der Waals surface area (Å²) in [5.41, 5.74) is 6.68. The number of nitrogens with two attached hydrogens (primary N) is 1. The van der Waals surface area contributed by atoms with Crippen LogP contribution in [0.5, 0.6) is 0 Å². The Labute approximate surface area is 104 Å². The van der Waals surface area contributed by atoms with Gasteiger partial charge in [-0.05, 0) is 26.2 Å². The molecule has 0 bridgehead atoms. The quantitative estimate of drug-likeness (QED) is 0.797. The maximum absolute atomic E-state index is 5.75. The number of hydrogen-bond donors (Lipinski definition) is 2. The molecule has 0 aliphatic rings. The van der Waals surface area contributed by atoms with Crippen LogP contribution < -0.4 is 11.1 Å². The monoisotopic (exact) mass is 236 g/mol. The Morgan fingerprint density at radius 2 is 1.94 bits per heavy atom. The lowest BCUT2D eigenvalue weighted by Crippen LogP contribution is -2.17. The van der Waals surface area contributed by atoms with Gasteiger partial charge in [-0.1, -0.05) is 26.7 Å². The summed E-state index contributed by atoms with van der Waals surface area (Å²) in [4.78, 5) is 8.18.